The maximum atomic E-state index is 12.1. The molecule has 0 saturated carbocycles. The third-order valence-electron chi connectivity index (χ3n) is 4.03. The Morgan fingerprint density at radius 1 is 1.25 bits per heavy atom. The smallest absolute Gasteiger partial charge is 0.410 e. The quantitative estimate of drug-likeness (QED) is 0.717. The van der Waals surface area contributed by atoms with Crippen LogP contribution in [0, 0.1) is 0 Å². The summed E-state index contributed by atoms with van der Waals surface area (Å²) < 4.78 is 7.89. The molecular formula is C18H23BrN2O2S. The maximum Gasteiger partial charge on any atom is 0.410 e. The summed E-state index contributed by atoms with van der Waals surface area (Å²) in [5.41, 5.74) is 0.930. The van der Waals surface area contributed by atoms with E-state index in [0.29, 0.717) is 0 Å². The normalized spacial score (nSPS) is 16.6. The van der Waals surface area contributed by atoms with Crippen LogP contribution in [0.2, 0.25) is 0 Å². The van der Waals surface area contributed by atoms with E-state index >= 15 is 0 Å². The number of carbonyl (C=O) groups excluding carboxylic acids is 1. The molecule has 6 heteroatoms. The molecule has 1 aliphatic rings. The Morgan fingerprint density at radius 2 is 1.96 bits per heavy atom. The molecule has 1 aromatic heterocycles. The van der Waals surface area contributed by atoms with E-state index < -0.39 is 5.60 Å². The number of thiophene rings is 1. The average Bonchev–Trinajstić information content (AvgIpc) is 2.88. The number of carbonyl (C=O) groups is 1. The summed E-state index contributed by atoms with van der Waals surface area (Å²) in [4.78, 5) is 16.3. The molecule has 2 heterocycles. The van der Waals surface area contributed by atoms with Crippen molar-refractivity contribution in [2.75, 3.05) is 26.2 Å². The van der Waals surface area contributed by atoms with Crippen molar-refractivity contribution in [1.29, 1.82) is 0 Å². The summed E-state index contributed by atoms with van der Waals surface area (Å²) in [5, 5.41) is 3.57. The molecule has 0 bridgehead atoms. The Balaban J connectivity index is 1.59. The molecule has 1 amide bonds. The molecule has 0 atom stereocenters. The van der Waals surface area contributed by atoms with Gasteiger partial charge in [-0.1, -0.05) is 15.9 Å². The van der Waals surface area contributed by atoms with Crippen LogP contribution in [0.25, 0.3) is 10.1 Å². The van der Waals surface area contributed by atoms with Gasteiger partial charge in [0.25, 0.3) is 0 Å². The minimum atomic E-state index is -0.433. The molecule has 130 valence electrons. The molecule has 1 saturated heterocycles. The van der Waals surface area contributed by atoms with Crippen LogP contribution >= 0.6 is 27.3 Å². The van der Waals surface area contributed by atoms with E-state index in [-0.39, 0.29) is 6.09 Å². The zero-order chi connectivity index (χ0) is 17.3. The van der Waals surface area contributed by atoms with Crippen LogP contribution in [0.5, 0.6) is 0 Å². The van der Waals surface area contributed by atoms with Crippen LogP contribution in [-0.4, -0.2) is 47.7 Å². The third-order valence-corrected chi connectivity index (χ3v) is 5.54. The highest BCUT2D eigenvalue weighted by molar-refractivity contribution is 9.10. The van der Waals surface area contributed by atoms with E-state index in [0.717, 1.165) is 37.2 Å². The molecule has 0 aliphatic carbocycles. The number of hydrogen-bond acceptors (Lipinski definition) is 4. The topological polar surface area (TPSA) is 32.8 Å². The molecule has 1 fully saturated rings. The summed E-state index contributed by atoms with van der Waals surface area (Å²) >= 11 is 5.35. The zero-order valence-corrected chi connectivity index (χ0v) is 16.7. The van der Waals surface area contributed by atoms with E-state index in [1.54, 1.807) is 11.3 Å². The molecule has 4 nitrogen and oxygen atoms in total. The van der Waals surface area contributed by atoms with Gasteiger partial charge < -0.3 is 9.64 Å². The number of piperazine rings is 1. The monoisotopic (exact) mass is 410 g/mol. The van der Waals surface area contributed by atoms with Gasteiger partial charge in [-0.25, -0.2) is 4.79 Å². The van der Waals surface area contributed by atoms with E-state index in [1.165, 1.54) is 15.6 Å². The molecular weight excluding hydrogens is 388 g/mol. The van der Waals surface area contributed by atoms with Crippen molar-refractivity contribution in [3.8, 4) is 0 Å². The van der Waals surface area contributed by atoms with Crippen molar-refractivity contribution in [2.24, 2.45) is 0 Å². The summed E-state index contributed by atoms with van der Waals surface area (Å²) in [6.45, 7) is 9.85. The number of halogens is 1. The second kappa shape index (κ2) is 7.02. The van der Waals surface area contributed by atoms with Gasteiger partial charge in [0.2, 0.25) is 0 Å². The lowest BCUT2D eigenvalue weighted by Crippen LogP contribution is -2.49. The minimum absolute atomic E-state index is 0.202. The van der Waals surface area contributed by atoms with Gasteiger partial charge >= 0.3 is 6.09 Å². The Bertz CT molecular complexity index is 730. The lowest BCUT2D eigenvalue weighted by molar-refractivity contribution is 0.0139. The first-order valence-electron chi connectivity index (χ1n) is 8.18. The van der Waals surface area contributed by atoms with E-state index in [9.17, 15) is 4.79 Å². The first-order valence-corrected chi connectivity index (χ1v) is 9.85. The lowest BCUT2D eigenvalue weighted by Gasteiger charge is -2.35. The number of hydrogen-bond donors (Lipinski definition) is 0. The summed E-state index contributed by atoms with van der Waals surface area (Å²) in [6.07, 6.45) is -0.202. The summed E-state index contributed by atoms with van der Waals surface area (Å²) in [5.74, 6) is 0. The van der Waals surface area contributed by atoms with E-state index in [1.807, 2.05) is 25.7 Å². The standard InChI is InChI=1S/C18H23BrN2O2S/c1-18(2,3)23-17(22)21-8-6-20(7-9-21)11-13-12-24-16-5-4-14(19)10-15(13)16/h4-5,10,12H,6-9,11H2,1-3H3. The number of rotatable bonds is 2. The third kappa shape index (κ3) is 4.29. The molecule has 3 rings (SSSR count). The summed E-state index contributed by atoms with van der Waals surface area (Å²) in [6, 6.07) is 6.44. The molecule has 24 heavy (non-hydrogen) atoms. The molecule has 0 radical (unpaired) electrons. The van der Waals surface area contributed by atoms with Crippen LogP contribution in [-0.2, 0) is 11.3 Å². The largest absolute Gasteiger partial charge is 0.444 e. The van der Waals surface area contributed by atoms with Crippen LogP contribution in [0.4, 0.5) is 4.79 Å². The van der Waals surface area contributed by atoms with Crippen LogP contribution in [0.3, 0.4) is 0 Å². The Morgan fingerprint density at radius 3 is 2.62 bits per heavy atom. The van der Waals surface area contributed by atoms with Crippen molar-refractivity contribution >= 4 is 43.4 Å². The van der Waals surface area contributed by atoms with Crippen LogP contribution in [0.1, 0.15) is 26.3 Å². The molecule has 0 N–H and O–H groups in total. The van der Waals surface area contributed by atoms with Gasteiger partial charge in [0.05, 0.1) is 0 Å². The Kier molecular flexibility index (Phi) is 5.18. The summed E-state index contributed by atoms with van der Waals surface area (Å²) in [7, 11) is 0. The molecule has 2 aromatic rings. The molecule has 1 aliphatic heterocycles. The number of fused-ring (bicyclic) bond motifs is 1. The predicted octanol–water partition coefficient (Wildman–Crippen LogP) is 4.72. The van der Waals surface area contributed by atoms with Gasteiger partial charge in [-0.05, 0) is 55.3 Å². The molecule has 0 spiro atoms. The van der Waals surface area contributed by atoms with Gasteiger partial charge in [-0.2, -0.15) is 0 Å². The van der Waals surface area contributed by atoms with E-state index in [2.05, 4.69) is 44.4 Å². The van der Waals surface area contributed by atoms with Crippen LogP contribution in [0.15, 0.2) is 28.1 Å². The maximum absolute atomic E-state index is 12.1. The van der Waals surface area contributed by atoms with Gasteiger partial charge in [0, 0.05) is 41.9 Å². The highest BCUT2D eigenvalue weighted by Crippen LogP contribution is 2.29. The number of ether oxygens (including phenoxy) is 1. The highest BCUT2D eigenvalue weighted by Gasteiger charge is 2.26. The fourth-order valence-corrected chi connectivity index (χ4v) is 4.13. The SMILES string of the molecule is CC(C)(C)OC(=O)N1CCN(Cc2csc3ccc(Br)cc23)CC1. The molecule has 1 aromatic carbocycles. The second-order valence-electron chi connectivity index (χ2n) is 7.14. The number of nitrogens with zero attached hydrogens (tertiary/aromatic N) is 2. The van der Waals surface area contributed by atoms with Crippen molar-refractivity contribution in [3.63, 3.8) is 0 Å². The second-order valence-corrected chi connectivity index (χ2v) is 8.97. The van der Waals surface area contributed by atoms with Crippen molar-refractivity contribution in [3.05, 3.63) is 33.6 Å². The predicted molar refractivity (Wildman–Crippen MR) is 103 cm³/mol. The Labute approximate surface area is 155 Å². The Hall–Kier alpha value is -1.11. The van der Waals surface area contributed by atoms with Gasteiger partial charge in [-0.15, -0.1) is 11.3 Å². The lowest BCUT2D eigenvalue weighted by atomic mass is 10.1. The first kappa shape index (κ1) is 17.7. The number of amides is 1. The zero-order valence-electron chi connectivity index (χ0n) is 14.3. The molecule has 0 unspecified atom stereocenters. The van der Waals surface area contributed by atoms with Gasteiger partial charge in [0.1, 0.15) is 5.60 Å². The number of benzene rings is 1. The fourth-order valence-electron chi connectivity index (χ4n) is 2.83. The average molecular weight is 411 g/mol. The van der Waals surface area contributed by atoms with Crippen molar-refractivity contribution in [2.45, 2.75) is 32.9 Å². The van der Waals surface area contributed by atoms with Gasteiger partial charge in [0.15, 0.2) is 0 Å². The first-order chi connectivity index (χ1) is 11.3. The fraction of sp³-hybridized carbons (Fsp3) is 0.500. The van der Waals surface area contributed by atoms with Crippen molar-refractivity contribution < 1.29 is 9.53 Å². The minimum Gasteiger partial charge on any atom is -0.444 e. The van der Waals surface area contributed by atoms with Crippen LogP contribution < -0.4 is 0 Å². The van der Waals surface area contributed by atoms with E-state index in [4.69, 9.17) is 4.74 Å². The van der Waals surface area contributed by atoms with Gasteiger partial charge in [-0.3, -0.25) is 4.90 Å². The van der Waals surface area contributed by atoms with Crippen molar-refractivity contribution in [1.82, 2.24) is 9.80 Å². The highest BCUT2D eigenvalue weighted by atomic mass is 79.9.